The van der Waals surface area contributed by atoms with E-state index in [-0.39, 0.29) is 18.1 Å². The first kappa shape index (κ1) is 31.6. The predicted molar refractivity (Wildman–Crippen MR) is 132 cm³/mol. The molecular weight excluding hydrogens is 374 g/mol. The van der Waals surface area contributed by atoms with Crippen LogP contribution in [0.25, 0.3) is 0 Å². The lowest BCUT2D eigenvalue weighted by molar-refractivity contribution is -0.0423. The number of aliphatic hydroxyl groups excluding tert-OH is 1. The van der Waals surface area contributed by atoms with E-state index in [2.05, 4.69) is 46.5 Å². The largest absolute Gasteiger partial charge is 0.396 e. The highest BCUT2D eigenvalue weighted by atomic mass is 16.5. The number of aliphatic hydroxyl groups is 1. The van der Waals surface area contributed by atoms with Gasteiger partial charge in [0.2, 0.25) is 0 Å². The Morgan fingerprint density at radius 1 is 1.00 bits per heavy atom. The van der Waals surface area contributed by atoms with Gasteiger partial charge in [0.25, 0.3) is 0 Å². The maximum atomic E-state index is 9.48. The van der Waals surface area contributed by atoms with Crippen LogP contribution in [0.15, 0.2) is 12.3 Å². The van der Waals surface area contributed by atoms with Crippen LogP contribution in [0, 0.1) is 11.3 Å². The van der Waals surface area contributed by atoms with Crippen LogP contribution >= 0.6 is 0 Å². The highest BCUT2D eigenvalue weighted by molar-refractivity contribution is 4.88. The molecule has 0 heterocycles. The molecule has 0 rings (SSSR count). The standard InChI is InChI=1S/C24H49NO3.C2H6/c1-8-21(3)25-17-12-10-11-14-23(4,5)16-18-28-24(6,7)15-13-22(19-26)20-27-9-2;1-2/h22,25-26H,3,8-20H2,1-2,4-7H3;1-2H3. The molecule has 0 aromatic heterocycles. The minimum atomic E-state index is -0.150. The number of unbranched alkanes of at least 4 members (excludes halogenated alkanes) is 2. The van der Waals surface area contributed by atoms with Crippen LogP contribution in [0.1, 0.15) is 107 Å². The summed E-state index contributed by atoms with van der Waals surface area (Å²) in [5.41, 5.74) is 1.31. The van der Waals surface area contributed by atoms with E-state index in [1.807, 2.05) is 20.8 Å². The van der Waals surface area contributed by atoms with Crippen LogP contribution in [-0.2, 0) is 9.47 Å². The monoisotopic (exact) mass is 429 g/mol. The third-order valence-electron chi connectivity index (χ3n) is 5.57. The van der Waals surface area contributed by atoms with Gasteiger partial charge in [-0.3, -0.25) is 0 Å². The van der Waals surface area contributed by atoms with Gasteiger partial charge in [0.05, 0.1) is 12.2 Å². The van der Waals surface area contributed by atoms with Gasteiger partial charge in [-0.1, -0.05) is 54.0 Å². The minimum absolute atomic E-state index is 0.150. The minimum Gasteiger partial charge on any atom is -0.396 e. The van der Waals surface area contributed by atoms with Crippen molar-refractivity contribution < 1.29 is 14.6 Å². The normalized spacial score (nSPS) is 12.8. The molecule has 1 atom stereocenters. The predicted octanol–water partition coefficient (Wildman–Crippen LogP) is 6.72. The van der Waals surface area contributed by atoms with Crippen molar-refractivity contribution in [2.75, 3.05) is 33.0 Å². The Morgan fingerprint density at radius 2 is 1.67 bits per heavy atom. The van der Waals surface area contributed by atoms with Gasteiger partial charge < -0.3 is 19.9 Å². The van der Waals surface area contributed by atoms with Gasteiger partial charge >= 0.3 is 0 Å². The molecule has 0 amide bonds. The lowest BCUT2D eigenvalue weighted by Gasteiger charge is -2.30. The first-order valence-electron chi connectivity index (χ1n) is 12.4. The molecular formula is C26H55NO3. The third-order valence-corrected chi connectivity index (χ3v) is 5.57. The number of rotatable bonds is 19. The molecule has 1 unspecified atom stereocenters. The van der Waals surface area contributed by atoms with Crippen LogP contribution in [0.4, 0.5) is 0 Å². The molecule has 4 heteroatoms. The van der Waals surface area contributed by atoms with Crippen LogP contribution in [0.5, 0.6) is 0 Å². The molecule has 30 heavy (non-hydrogen) atoms. The third kappa shape index (κ3) is 19.4. The lowest BCUT2D eigenvalue weighted by atomic mass is 9.84. The Morgan fingerprint density at radius 3 is 2.23 bits per heavy atom. The van der Waals surface area contributed by atoms with Crippen molar-refractivity contribution in [3.63, 3.8) is 0 Å². The fraction of sp³-hybridized carbons (Fsp3) is 0.923. The van der Waals surface area contributed by atoms with Crippen molar-refractivity contribution in [1.29, 1.82) is 0 Å². The van der Waals surface area contributed by atoms with E-state index in [0.29, 0.717) is 18.6 Å². The Hall–Kier alpha value is -0.580. The Bertz CT molecular complexity index is 394. The van der Waals surface area contributed by atoms with Crippen molar-refractivity contribution in [2.24, 2.45) is 11.3 Å². The van der Waals surface area contributed by atoms with Crippen molar-refractivity contribution >= 4 is 0 Å². The van der Waals surface area contributed by atoms with Gasteiger partial charge in [0, 0.05) is 38.0 Å². The fourth-order valence-electron chi connectivity index (χ4n) is 3.16. The molecule has 182 valence electrons. The topological polar surface area (TPSA) is 50.7 Å². The van der Waals surface area contributed by atoms with E-state index >= 15 is 0 Å². The van der Waals surface area contributed by atoms with Crippen LogP contribution < -0.4 is 5.32 Å². The highest BCUT2D eigenvalue weighted by Gasteiger charge is 2.23. The maximum absolute atomic E-state index is 9.48. The van der Waals surface area contributed by atoms with E-state index in [0.717, 1.165) is 44.5 Å². The molecule has 0 spiro atoms. The summed E-state index contributed by atoms with van der Waals surface area (Å²) in [5.74, 6) is 0.211. The SMILES string of the molecule is C=C(CC)NCCCCCC(C)(C)CCOC(C)(C)CCC(CO)COCC.CC. The molecule has 2 N–H and O–H groups in total. The number of hydrogen-bond acceptors (Lipinski definition) is 4. The fourth-order valence-corrected chi connectivity index (χ4v) is 3.16. The van der Waals surface area contributed by atoms with E-state index in [9.17, 15) is 5.11 Å². The van der Waals surface area contributed by atoms with Gasteiger partial charge in [-0.2, -0.15) is 0 Å². The van der Waals surface area contributed by atoms with Crippen molar-refractivity contribution in [3.05, 3.63) is 12.3 Å². The Balaban J connectivity index is 0. The molecule has 0 aliphatic carbocycles. The second-order valence-corrected chi connectivity index (χ2v) is 9.46. The van der Waals surface area contributed by atoms with E-state index in [1.165, 1.54) is 25.7 Å². The molecule has 0 aliphatic heterocycles. The second-order valence-electron chi connectivity index (χ2n) is 9.46. The highest BCUT2D eigenvalue weighted by Crippen LogP contribution is 2.29. The Kier molecular flexibility index (Phi) is 20.2. The summed E-state index contributed by atoms with van der Waals surface area (Å²) in [6.45, 7) is 24.5. The number of hydrogen-bond donors (Lipinski definition) is 2. The molecule has 4 nitrogen and oxygen atoms in total. The van der Waals surface area contributed by atoms with Crippen LogP contribution in [0.2, 0.25) is 0 Å². The van der Waals surface area contributed by atoms with Crippen molar-refractivity contribution in [2.45, 2.75) is 112 Å². The summed E-state index contributed by atoms with van der Waals surface area (Å²) in [4.78, 5) is 0. The average molecular weight is 430 g/mol. The zero-order chi connectivity index (χ0) is 23.5. The molecule has 0 bridgehead atoms. The quantitative estimate of drug-likeness (QED) is 0.224. The molecule has 0 saturated heterocycles. The van der Waals surface area contributed by atoms with E-state index in [1.54, 1.807) is 0 Å². The second kappa shape index (κ2) is 19.1. The summed E-state index contributed by atoms with van der Waals surface area (Å²) in [6, 6.07) is 0. The molecule has 0 saturated carbocycles. The van der Waals surface area contributed by atoms with Gasteiger partial charge in [0.1, 0.15) is 0 Å². The van der Waals surface area contributed by atoms with E-state index < -0.39 is 0 Å². The zero-order valence-corrected chi connectivity index (χ0v) is 21.7. The molecule has 0 aromatic rings. The first-order chi connectivity index (χ1) is 14.2. The molecule has 0 aromatic carbocycles. The number of allylic oxidation sites excluding steroid dienone is 1. The van der Waals surface area contributed by atoms with Crippen LogP contribution in [-0.4, -0.2) is 43.7 Å². The maximum Gasteiger partial charge on any atom is 0.0626 e. The zero-order valence-electron chi connectivity index (χ0n) is 21.7. The smallest absolute Gasteiger partial charge is 0.0626 e. The van der Waals surface area contributed by atoms with Crippen molar-refractivity contribution in [1.82, 2.24) is 5.32 Å². The van der Waals surface area contributed by atoms with Crippen molar-refractivity contribution in [3.8, 4) is 0 Å². The number of nitrogens with one attached hydrogen (secondary N) is 1. The average Bonchev–Trinajstić information content (AvgIpc) is 2.71. The summed E-state index contributed by atoms with van der Waals surface area (Å²) in [7, 11) is 0. The first-order valence-corrected chi connectivity index (χ1v) is 12.4. The summed E-state index contributed by atoms with van der Waals surface area (Å²) in [5, 5.41) is 12.9. The lowest BCUT2D eigenvalue weighted by Crippen LogP contribution is -2.29. The summed E-state index contributed by atoms with van der Waals surface area (Å²) < 4.78 is 11.7. The Labute approximate surface area is 189 Å². The summed E-state index contributed by atoms with van der Waals surface area (Å²) >= 11 is 0. The van der Waals surface area contributed by atoms with Gasteiger partial charge in [-0.05, 0) is 64.7 Å². The summed E-state index contributed by atoms with van der Waals surface area (Å²) in [6.07, 6.45) is 8.97. The van der Waals surface area contributed by atoms with Gasteiger partial charge in [-0.15, -0.1) is 0 Å². The van der Waals surface area contributed by atoms with Crippen LogP contribution in [0.3, 0.4) is 0 Å². The molecule has 0 radical (unpaired) electrons. The van der Waals surface area contributed by atoms with Gasteiger partial charge in [-0.25, -0.2) is 0 Å². The molecule has 0 aliphatic rings. The molecule has 0 fully saturated rings. The number of ether oxygens (including phenoxy) is 2. The van der Waals surface area contributed by atoms with E-state index in [4.69, 9.17) is 9.47 Å². The van der Waals surface area contributed by atoms with Gasteiger partial charge in [0.15, 0.2) is 0 Å².